The molecule has 3 rings (SSSR count). The van der Waals surface area contributed by atoms with Gasteiger partial charge < -0.3 is 10.1 Å². The first kappa shape index (κ1) is 19.3. The van der Waals surface area contributed by atoms with Crippen molar-refractivity contribution >= 4 is 29.1 Å². The van der Waals surface area contributed by atoms with Gasteiger partial charge in [0.2, 0.25) is 0 Å². The number of hydrogen-bond donors (Lipinski definition) is 1. The average molecular weight is 404 g/mol. The van der Waals surface area contributed by atoms with E-state index in [1.54, 1.807) is 35.1 Å². The summed E-state index contributed by atoms with van der Waals surface area (Å²) in [6.07, 6.45) is 1.59. The molecule has 0 fully saturated rings. The second-order valence-corrected chi connectivity index (χ2v) is 6.72. The summed E-state index contributed by atoms with van der Waals surface area (Å²) in [5.74, 6) is 0.575. The molecule has 0 radical (unpaired) electrons. The molecule has 5 nitrogen and oxygen atoms in total. The monoisotopic (exact) mass is 403 g/mol. The van der Waals surface area contributed by atoms with Gasteiger partial charge >= 0.3 is 0 Å². The van der Waals surface area contributed by atoms with Crippen molar-refractivity contribution in [2.75, 3.05) is 0 Å². The SMILES string of the molecule is CCn1ncc(Cl)c1CNC(=O)c1ccc(COc2ccc(Cl)cc2)cc1. The van der Waals surface area contributed by atoms with E-state index in [0.29, 0.717) is 35.3 Å². The number of aromatic nitrogens is 2. The van der Waals surface area contributed by atoms with Crippen LogP contribution in [0.5, 0.6) is 5.75 Å². The van der Waals surface area contributed by atoms with Crippen molar-refractivity contribution in [3.05, 3.63) is 81.6 Å². The highest BCUT2D eigenvalue weighted by Crippen LogP contribution is 2.17. The first-order valence-corrected chi connectivity index (χ1v) is 9.28. The number of carbonyl (C=O) groups is 1. The molecule has 0 aliphatic heterocycles. The Hall–Kier alpha value is -2.50. The van der Waals surface area contributed by atoms with Crippen LogP contribution in [0.25, 0.3) is 0 Å². The van der Waals surface area contributed by atoms with Crippen LogP contribution in [0.15, 0.2) is 54.7 Å². The smallest absolute Gasteiger partial charge is 0.251 e. The van der Waals surface area contributed by atoms with Crippen molar-refractivity contribution < 1.29 is 9.53 Å². The lowest BCUT2D eigenvalue weighted by Crippen LogP contribution is -2.24. The minimum Gasteiger partial charge on any atom is -0.489 e. The average Bonchev–Trinajstić information content (AvgIpc) is 3.05. The van der Waals surface area contributed by atoms with E-state index in [4.69, 9.17) is 27.9 Å². The zero-order valence-electron chi connectivity index (χ0n) is 14.8. The largest absolute Gasteiger partial charge is 0.489 e. The Kier molecular flexibility index (Phi) is 6.37. The highest BCUT2D eigenvalue weighted by molar-refractivity contribution is 6.31. The van der Waals surface area contributed by atoms with Crippen LogP contribution in [0.2, 0.25) is 10.0 Å². The molecule has 1 aromatic heterocycles. The molecule has 0 aliphatic carbocycles. The van der Waals surface area contributed by atoms with E-state index in [-0.39, 0.29) is 5.91 Å². The summed E-state index contributed by atoms with van der Waals surface area (Å²) in [5, 5.41) is 8.25. The number of halogens is 2. The quantitative estimate of drug-likeness (QED) is 0.620. The lowest BCUT2D eigenvalue weighted by Gasteiger charge is -2.09. The van der Waals surface area contributed by atoms with Crippen molar-refractivity contribution in [2.24, 2.45) is 0 Å². The van der Waals surface area contributed by atoms with Gasteiger partial charge in [-0.1, -0.05) is 35.3 Å². The molecule has 1 heterocycles. The van der Waals surface area contributed by atoms with Crippen LogP contribution >= 0.6 is 23.2 Å². The fourth-order valence-corrected chi connectivity index (χ4v) is 2.89. The Bertz CT molecular complexity index is 906. The van der Waals surface area contributed by atoms with Crippen LogP contribution in [-0.2, 0) is 19.7 Å². The molecule has 3 aromatic rings. The van der Waals surface area contributed by atoms with E-state index in [1.165, 1.54) is 0 Å². The number of aryl methyl sites for hydroxylation is 1. The van der Waals surface area contributed by atoms with Gasteiger partial charge in [0, 0.05) is 17.1 Å². The molecule has 0 unspecified atom stereocenters. The van der Waals surface area contributed by atoms with E-state index in [2.05, 4.69) is 10.4 Å². The Balaban J connectivity index is 1.55. The summed E-state index contributed by atoms with van der Waals surface area (Å²) in [7, 11) is 0. The number of benzene rings is 2. The van der Waals surface area contributed by atoms with Crippen molar-refractivity contribution in [1.82, 2.24) is 15.1 Å². The molecule has 7 heteroatoms. The number of carbonyl (C=O) groups excluding carboxylic acids is 1. The lowest BCUT2D eigenvalue weighted by molar-refractivity contribution is 0.0950. The summed E-state index contributed by atoms with van der Waals surface area (Å²) in [4.78, 5) is 12.3. The van der Waals surface area contributed by atoms with Gasteiger partial charge in [0.25, 0.3) is 5.91 Å². The first-order chi connectivity index (χ1) is 13.1. The van der Waals surface area contributed by atoms with Gasteiger partial charge in [-0.15, -0.1) is 0 Å². The third-order valence-corrected chi connectivity index (χ3v) is 4.62. The molecule has 1 amide bonds. The van der Waals surface area contributed by atoms with Crippen molar-refractivity contribution in [3.63, 3.8) is 0 Å². The zero-order valence-corrected chi connectivity index (χ0v) is 16.3. The summed E-state index contributed by atoms with van der Waals surface area (Å²) in [6.45, 7) is 3.40. The van der Waals surface area contributed by atoms with E-state index in [1.807, 2.05) is 31.2 Å². The van der Waals surface area contributed by atoms with Crippen LogP contribution in [0.3, 0.4) is 0 Å². The van der Waals surface area contributed by atoms with E-state index in [9.17, 15) is 4.79 Å². The van der Waals surface area contributed by atoms with Gasteiger partial charge in [-0.3, -0.25) is 9.48 Å². The Labute approximate surface area is 167 Å². The highest BCUT2D eigenvalue weighted by Gasteiger charge is 2.11. The van der Waals surface area contributed by atoms with Crippen LogP contribution in [-0.4, -0.2) is 15.7 Å². The second kappa shape index (κ2) is 8.93. The predicted molar refractivity (Wildman–Crippen MR) is 106 cm³/mol. The van der Waals surface area contributed by atoms with Gasteiger partial charge in [-0.2, -0.15) is 5.10 Å². The molecule has 0 atom stereocenters. The maximum absolute atomic E-state index is 12.3. The molecular weight excluding hydrogens is 385 g/mol. The molecule has 0 bridgehead atoms. The highest BCUT2D eigenvalue weighted by atomic mass is 35.5. The Morgan fingerprint density at radius 1 is 1.11 bits per heavy atom. The van der Waals surface area contributed by atoms with Crippen LogP contribution < -0.4 is 10.1 Å². The third-order valence-electron chi connectivity index (χ3n) is 4.05. The van der Waals surface area contributed by atoms with Crippen molar-refractivity contribution in [2.45, 2.75) is 26.6 Å². The fourth-order valence-electron chi connectivity index (χ4n) is 2.55. The van der Waals surface area contributed by atoms with Gasteiger partial charge in [0.15, 0.2) is 0 Å². The minimum atomic E-state index is -0.167. The van der Waals surface area contributed by atoms with Gasteiger partial charge in [-0.05, 0) is 48.9 Å². The third kappa shape index (κ3) is 5.02. The summed E-state index contributed by atoms with van der Waals surface area (Å²) < 4.78 is 7.46. The number of nitrogens with one attached hydrogen (secondary N) is 1. The normalized spacial score (nSPS) is 10.6. The van der Waals surface area contributed by atoms with Crippen molar-refractivity contribution in [1.29, 1.82) is 0 Å². The molecule has 0 saturated heterocycles. The molecular formula is C20H19Cl2N3O2. The van der Waals surface area contributed by atoms with E-state index >= 15 is 0 Å². The van der Waals surface area contributed by atoms with Gasteiger partial charge in [-0.25, -0.2) is 0 Å². The molecule has 140 valence electrons. The lowest BCUT2D eigenvalue weighted by atomic mass is 10.1. The minimum absolute atomic E-state index is 0.167. The topological polar surface area (TPSA) is 56.2 Å². The summed E-state index contributed by atoms with van der Waals surface area (Å²) in [5.41, 5.74) is 2.33. The fraction of sp³-hybridized carbons (Fsp3) is 0.200. The van der Waals surface area contributed by atoms with Gasteiger partial charge in [0.1, 0.15) is 12.4 Å². The maximum atomic E-state index is 12.3. The van der Waals surface area contributed by atoms with E-state index in [0.717, 1.165) is 17.0 Å². The molecule has 2 aromatic carbocycles. The zero-order chi connectivity index (χ0) is 19.2. The first-order valence-electron chi connectivity index (χ1n) is 8.52. The molecule has 27 heavy (non-hydrogen) atoms. The molecule has 0 aliphatic rings. The number of amides is 1. The molecule has 0 spiro atoms. The molecule has 1 N–H and O–H groups in total. The summed E-state index contributed by atoms with van der Waals surface area (Å²) in [6, 6.07) is 14.5. The van der Waals surface area contributed by atoms with Crippen molar-refractivity contribution in [3.8, 4) is 5.75 Å². The second-order valence-electron chi connectivity index (χ2n) is 5.88. The number of ether oxygens (including phenoxy) is 1. The number of hydrogen-bond acceptors (Lipinski definition) is 3. The Morgan fingerprint density at radius 2 is 1.81 bits per heavy atom. The van der Waals surface area contributed by atoms with Gasteiger partial charge in [0.05, 0.1) is 23.5 Å². The van der Waals surface area contributed by atoms with E-state index < -0.39 is 0 Å². The Morgan fingerprint density at radius 3 is 2.48 bits per heavy atom. The van der Waals surface area contributed by atoms with Crippen LogP contribution in [0.4, 0.5) is 0 Å². The van der Waals surface area contributed by atoms with Crippen LogP contribution in [0.1, 0.15) is 28.5 Å². The standard InChI is InChI=1S/C20H19Cl2N3O2/c1-2-25-19(18(22)11-24-25)12-23-20(26)15-5-3-14(4-6-15)13-27-17-9-7-16(21)8-10-17/h3-11H,2,12-13H2,1H3,(H,23,26). The van der Waals surface area contributed by atoms with Crippen LogP contribution in [0, 0.1) is 0 Å². The number of nitrogens with zero attached hydrogens (tertiary/aromatic N) is 2. The predicted octanol–water partition coefficient (Wildman–Crippen LogP) is 4.72. The number of rotatable bonds is 7. The maximum Gasteiger partial charge on any atom is 0.251 e. The molecule has 0 saturated carbocycles. The summed E-state index contributed by atoms with van der Waals surface area (Å²) >= 11 is 12.0.